The van der Waals surface area contributed by atoms with Crippen LogP contribution in [-0.4, -0.2) is 35.7 Å². The molecular weight excluding hydrogens is 386 g/mol. The highest BCUT2D eigenvalue weighted by Crippen LogP contribution is 2.31. The average Bonchev–Trinajstić information content (AvgIpc) is 2.65. The molecule has 0 N–H and O–H groups in total. The molecule has 1 aliphatic heterocycles. The number of nitrogens with zero attached hydrogens (tertiary/aromatic N) is 1. The van der Waals surface area contributed by atoms with Gasteiger partial charge >= 0.3 is 17.7 Å². The largest absolute Gasteiger partial charge is 0.444 e. The fourth-order valence-corrected chi connectivity index (χ4v) is 3.65. The van der Waals surface area contributed by atoms with Crippen molar-refractivity contribution in [3.8, 4) is 5.75 Å². The van der Waals surface area contributed by atoms with Crippen molar-refractivity contribution in [3.05, 3.63) is 39.7 Å². The van der Waals surface area contributed by atoms with E-state index < -0.39 is 11.2 Å². The molecular formula is C23H29NO6. The monoisotopic (exact) mass is 415 g/mol. The van der Waals surface area contributed by atoms with Gasteiger partial charge in [0.1, 0.15) is 16.9 Å². The van der Waals surface area contributed by atoms with Crippen LogP contribution in [0.3, 0.4) is 0 Å². The molecule has 1 aromatic heterocycles. The fraction of sp³-hybridized carbons (Fsp3) is 0.522. The van der Waals surface area contributed by atoms with E-state index in [9.17, 15) is 14.4 Å². The summed E-state index contributed by atoms with van der Waals surface area (Å²) in [5.74, 6) is -0.232. The number of carbonyl (C=O) groups excluding carboxylic acids is 2. The van der Waals surface area contributed by atoms with E-state index >= 15 is 0 Å². The van der Waals surface area contributed by atoms with E-state index in [1.807, 2.05) is 34.6 Å². The summed E-state index contributed by atoms with van der Waals surface area (Å²) < 4.78 is 16.5. The molecule has 0 spiro atoms. The van der Waals surface area contributed by atoms with Crippen LogP contribution in [0.5, 0.6) is 5.75 Å². The van der Waals surface area contributed by atoms with Gasteiger partial charge in [0.2, 0.25) is 0 Å². The van der Waals surface area contributed by atoms with Crippen molar-refractivity contribution in [2.75, 3.05) is 13.1 Å². The summed E-state index contributed by atoms with van der Waals surface area (Å²) in [7, 11) is 0. The van der Waals surface area contributed by atoms with E-state index in [1.165, 1.54) is 6.07 Å². The SMILES string of the molecule is CCc1cc(=O)oc2cc(C)cc(OC(=O)C3CCN(C(=O)OC(C)(C)C)CC3)c12. The number of piperidine rings is 1. The number of rotatable bonds is 3. The minimum atomic E-state index is -0.551. The molecule has 2 aromatic rings. The lowest BCUT2D eigenvalue weighted by atomic mass is 9.97. The average molecular weight is 415 g/mol. The Morgan fingerprint density at radius 3 is 2.43 bits per heavy atom. The number of hydrogen-bond acceptors (Lipinski definition) is 6. The molecule has 0 radical (unpaired) electrons. The molecule has 30 heavy (non-hydrogen) atoms. The highest BCUT2D eigenvalue weighted by molar-refractivity contribution is 5.90. The lowest BCUT2D eigenvalue weighted by Crippen LogP contribution is -2.43. The molecule has 0 aliphatic carbocycles. The smallest absolute Gasteiger partial charge is 0.410 e. The van der Waals surface area contributed by atoms with Gasteiger partial charge in [0.25, 0.3) is 0 Å². The molecule has 1 amide bonds. The summed E-state index contributed by atoms with van der Waals surface area (Å²) in [6.07, 6.45) is 1.28. The molecule has 0 unspecified atom stereocenters. The Bertz CT molecular complexity index is 1010. The van der Waals surface area contributed by atoms with Gasteiger partial charge in [0, 0.05) is 19.2 Å². The van der Waals surface area contributed by atoms with E-state index in [2.05, 4.69) is 0 Å². The summed E-state index contributed by atoms with van der Waals surface area (Å²) in [5.41, 5.74) is 1.06. The van der Waals surface area contributed by atoms with E-state index in [-0.39, 0.29) is 18.0 Å². The standard InChI is InChI=1S/C23H29NO6/c1-6-15-13-19(25)28-17-11-14(2)12-18(20(15)17)29-21(26)16-7-9-24(10-8-16)22(27)30-23(3,4)5/h11-13,16H,6-10H2,1-5H3. The number of likely N-dealkylation sites (tertiary alicyclic amines) is 1. The number of hydrogen-bond donors (Lipinski definition) is 0. The first-order valence-electron chi connectivity index (χ1n) is 10.3. The summed E-state index contributed by atoms with van der Waals surface area (Å²) in [6.45, 7) is 10.2. The zero-order chi connectivity index (χ0) is 22.1. The summed E-state index contributed by atoms with van der Waals surface area (Å²) in [5, 5.41) is 0.655. The van der Waals surface area contributed by atoms with Gasteiger partial charge in [-0.25, -0.2) is 9.59 Å². The second-order valence-electron chi connectivity index (χ2n) is 8.74. The van der Waals surface area contributed by atoms with Gasteiger partial charge in [-0.2, -0.15) is 0 Å². The first kappa shape index (κ1) is 21.9. The zero-order valence-corrected chi connectivity index (χ0v) is 18.2. The van der Waals surface area contributed by atoms with Crippen LogP contribution in [0.2, 0.25) is 0 Å². The van der Waals surface area contributed by atoms with Crippen LogP contribution in [0.1, 0.15) is 51.7 Å². The molecule has 1 saturated heterocycles. The second-order valence-corrected chi connectivity index (χ2v) is 8.74. The van der Waals surface area contributed by atoms with E-state index in [0.29, 0.717) is 49.1 Å². The summed E-state index contributed by atoms with van der Waals surface area (Å²) in [4.78, 5) is 38.5. The topological polar surface area (TPSA) is 86.0 Å². The molecule has 3 rings (SSSR count). The van der Waals surface area contributed by atoms with Crippen molar-refractivity contribution in [2.24, 2.45) is 5.92 Å². The highest BCUT2D eigenvalue weighted by atomic mass is 16.6. The van der Waals surface area contributed by atoms with Crippen LogP contribution in [0.25, 0.3) is 11.0 Å². The van der Waals surface area contributed by atoms with Crippen LogP contribution >= 0.6 is 0 Å². The van der Waals surface area contributed by atoms with Gasteiger partial charge in [0.15, 0.2) is 0 Å². The third-order valence-corrected chi connectivity index (χ3v) is 5.11. The molecule has 1 fully saturated rings. The first-order valence-corrected chi connectivity index (χ1v) is 10.3. The minimum Gasteiger partial charge on any atom is -0.444 e. The molecule has 0 bridgehead atoms. The summed E-state index contributed by atoms with van der Waals surface area (Å²) >= 11 is 0. The van der Waals surface area contributed by atoms with E-state index in [0.717, 1.165) is 11.1 Å². The van der Waals surface area contributed by atoms with Crippen LogP contribution < -0.4 is 10.4 Å². The lowest BCUT2D eigenvalue weighted by molar-refractivity contribution is -0.140. The van der Waals surface area contributed by atoms with Crippen molar-refractivity contribution in [3.63, 3.8) is 0 Å². The van der Waals surface area contributed by atoms with Crippen LogP contribution in [-0.2, 0) is 16.0 Å². The van der Waals surface area contributed by atoms with Gasteiger partial charge in [-0.05, 0) is 70.2 Å². The van der Waals surface area contributed by atoms with Crippen molar-refractivity contribution in [1.82, 2.24) is 4.90 Å². The van der Waals surface area contributed by atoms with Crippen LogP contribution in [0.4, 0.5) is 4.79 Å². The Labute approximate surface area is 175 Å². The number of benzene rings is 1. The molecule has 1 aromatic carbocycles. The zero-order valence-electron chi connectivity index (χ0n) is 18.2. The highest BCUT2D eigenvalue weighted by Gasteiger charge is 2.31. The molecule has 7 nitrogen and oxygen atoms in total. The Balaban J connectivity index is 1.74. The maximum atomic E-state index is 12.8. The molecule has 0 saturated carbocycles. The van der Waals surface area contributed by atoms with Gasteiger partial charge in [-0.1, -0.05) is 6.92 Å². The molecule has 7 heteroatoms. The number of esters is 1. The quantitative estimate of drug-likeness (QED) is 0.424. The van der Waals surface area contributed by atoms with Crippen molar-refractivity contribution in [1.29, 1.82) is 0 Å². The van der Waals surface area contributed by atoms with Crippen molar-refractivity contribution >= 4 is 23.0 Å². The Morgan fingerprint density at radius 2 is 1.83 bits per heavy atom. The summed E-state index contributed by atoms with van der Waals surface area (Å²) in [6, 6.07) is 5.00. The maximum absolute atomic E-state index is 12.8. The fourth-order valence-electron chi connectivity index (χ4n) is 3.65. The lowest BCUT2D eigenvalue weighted by Gasteiger charge is -2.32. The van der Waals surface area contributed by atoms with Crippen molar-refractivity contribution < 1.29 is 23.5 Å². The van der Waals surface area contributed by atoms with E-state index in [1.54, 1.807) is 17.0 Å². The predicted molar refractivity (Wildman–Crippen MR) is 113 cm³/mol. The molecule has 1 aliphatic rings. The predicted octanol–water partition coefficient (Wildman–Crippen LogP) is 4.22. The second kappa shape index (κ2) is 8.50. The van der Waals surface area contributed by atoms with Gasteiger partial charge in [0.05, 0.1) is 11.3 Å². The van der Waals surface area contributed by atoms with Gasteiger partial charge in [-0.3, -0.25) is 4.79 Å². The van der Waals surface area contributed by atoms with Crippen LogP contribution in [0.15, 0.2) is 27.4 Å². The van der Waals surface area contributed by atoms with E-state index in [4.69, 9.17) is 13.9 Å². The number of fused-ring (bicyclic) bond motifs is 1. The number of ether oxygens (including phenoxy) is 2. The minimum absolute atomic E-state index is 0.306. The van der Waals surface area contributed by atoms with Gasteiger partial charge in [-0.15, -0.1) is 0 Å². The number of amides is 1. The molecule has 0 atom stereocenters. The normalized spacial score (nSPS) is 15.3. The molecule has 2 heterocycles. The third-order valence-electron chi connectivity index (χ3n) is 5.11. The molecule has 162 valence electrons. The maximum Gasteiger partial charge on any atom is 0.410 e. The van der Waals surface area contributed by atoms with Crippen molar-refractivity contribution in [2.45, 2.75) is 59.5 Å². The Hall–Kier alpha value is -2.83. The number of carbonyl (C=O) groups is 2. The number of aryl methyl sites for hydroxylation is 2. The Kier molecular flexibility index (Phi) is 6.19. The first-order chi connectivity index (χ1) is 14.1. The Morgan fingerprint density at radius 1 is 1.17 bits per heavy atom. The van der Waals surface area contributed by atoms with Crippen LogP contribution in [0, 0.1) is 12.8 Å². The third kappa shape index (κ3) is 5.01. The van der Waals surface area contributed by atoms with Gasteiger partial charge < -0.3 is 18.8 Å².